The molecule has 0 N–H and O–H groups in total. The summed E-state index contributed by atoms with van der Waals surface area (Å²) in [6.45, 7) is 9.32. The van der Waals surface area contributed by atoms with Crippen LogP contribution in [0.2, 0.25) is 0 Å². The van der Waals surface area contributed by atoms with Gasteiger partial charge in [0.1, 0.15) is 18.4 Å². The van der Waals surface area contributed by atoms with Crippen molar-refractivity contribution in [2.45, 2.75) is 116 Å². The first-order valence-corrected chi connectivity index (χ1v) is 14.2. The molecule has 0 aliphatic heterocycles. The molecule has 0 saturated heterocycles. The average Bonchev–Trinajstić information content (AvgIpc) is 3.36. The van der Waals surface area contributed by atoms with Gasteiger partial charge in [-0.15, -0.1) is 0 Å². The lowest BCUT2D eigenvalue weighted by molar-refractivity contribution is -0.732. The fraction of sp³-hybridized carbons (Fsp3) is 0.545. The third-order valence-corrected chi connectivity index (χ3v) is 7.80. The van der Waals surface area contributed by atoms with Gasteiger partial charge in [0.05, 0.1) is 6.04 Å². The Morgan fingerprint density at radius 3 is 1.91 bits per heavy atom. The zero-order valence-electron chi connectivity index (χ0n) is 22.8. The van der Waals surface area contributed by atoms with E-state index in [-0.39, 0.29) is 5.41 Å². The lowest BCUT2D eigenvalue weighted by atomic mass is 9.70. The van der Waals surface area contributed by atoms with Crippen LogP contribution in [0, 0.1) is 0 Å². The Labute approximate surface area is 215 Å². The van der Waals surface area contributed by atoms with Gasteiger partial charge in [-0.1, -0.05) is 126 Å². The van der Waals surface area contributed by atoms with E-state index in [2.05, 4.69) is 116 Å². The summed E-state index contributed by atoms with van der Waals surface area (Å²) >= 11 is 0. The topological polar surface area (TPSA) is 8.81 Å². The highest BCUT2D eigenvalue weighted by atomic mass is 15.1. The standard InChI is InChI=1S/C33H49N2/c1-5-6-7-8-9-10-11-12-19-24-32(35-26-25-34(28-35)29(2)3)33(4,31-22-17-14-18-23-31)27-30-20-15-13-16-21-30/h13-18,20-23,25-26,28-29,32H,5-12,19,24,27H2,1-4H3/q+1. The Balaban J connectivity index is 1.79. The summed E-state index contributed by atoms with van der Waals surface area (Å²) in [4.78, 5) is 0. The van der Waals surface area contributed by atoms with Crippen LogP contribution >= 0.6 is 0 Å². The molecule has 2 nitrogen and oxygen atoms in total. The highest BCUT2D eigenvalue weighted by Crippen LogP contribution is 2.39. The third kappa shape index (κ3) is 8.09. The molecule has 1 aromatic heterocycles. The Kier molecular flexibility index (Phi) is 11.1. The molecule has 0 radical (unpaired) electrons. The Morgan fingerprint density at radius 1 is 0.771 bits per heavy atom. The molecule has 2 atom stereocenters. The van der Waals surface area contributed by atoms with Crippen molar-refractivity contribution in [3.8, 4) is 0 Å². The summed E-state index contributed by atoms with van der Waals surface area (Å²) in [5.74, 6) is 0. The smallest absolute Gasteiger partial charge is 0.235 e. The van der Waals surface area contributed by atoms with Crippen LogP contribution in [0.1, 0.15) is 115 Å². The first kappa shape index (κ1) is 27.2. The molecule has 2 heteroatoms. The Morgan fingerprint density at radius 2 is 1.34 bits per heavy atom. The van der Waals surface area contributed by atoms with Gasteiger partial charge in [0.15, 0.2) is 0 Å². The average molecular weight is 474 g/mol. The van der Waals surface area contributed by atoms with Crippen LogP contribution in [0.4, 0.5) is 0 Å². The van der Waals surface area contributed by atoms with Gasteiger partial charge in [0, 0.05) is 5.41 Å². The molecule has 0 saturated carbocycles. The summed E-state index contributed by atoms with van der Waals surface area (Å²) in [6, 6.07) is 23.2. The molecule has 0 fully saturated rings. The van der Waals surface area contributed by atoms with Crippen LogP contribution in [0.5, 0.6) is 0 Å². The van der Waals surface area contributed by atoms with Crippen molar-refractivity contribution in [1.82, 2.24) is 4.57 Å². The van der Waals surface area contributed by atoms with Gasteiger partial charge in [-0.2, -0.15) is 0 Å². The van der Waals surface area contributed by atoms with Crippen molar-refractivity contribution >= 4 is 0 Å². The second-order valence-corrected chi connectivity index (χ2v) is 11.0. The molecule has 0 amide bonds. The number of imidazole rings is 1. The van der Waals surface area contributed by atoms with Crippen molar-refractivity contribution in [1.29, 1.82) is 0 Å². The molecule has 0 aliphatic rings. The van der Waals surface area contributed by atoms with Gasteiger partial charge in [0.2, 0.25) is 6.33 Å². The van der Waals surface area contributed by atoms with Gasteiger partial charge in [-0.25, -0.2) is 9.13 Å². The molecule has 1 heterocycles. The van der Waals surface area contributed by atoms with E-state index >= 15 is 0 Å². The van der Waals surface area contributed by atoms with E-state index in [1.54, 1.807) is 0 Å². The second kappa shape index (κ2) is 14.3. The number of hydrogen-bond acceptors (Lipinski definition) is 0. The zero-order valence-corrected chi connectivity index (χ0v) is 22.8. The Hall–Kier alpha value is -2.35. The van der Waals surface area contributed by atoms with E-state index in [1.807, 2.05) is 0 Å². The molecule has 2 aromatic carbocycles. The predicted molar refractivity (Wildman–Crippen MR) is 150 cm³/mol. The fourth-order valence-corrected chi connectivity index (χ4v) is 5.57. The predicted octanol–water partition coefficient (Wildman–Crippen LogP) is 9.02. The molecule has 190 valence electrons. The van der Waals surface area contributed by atoms with E-state index in [1.165, 1.54) is 75.3 Å². The zero-order chi connectivity index (χ0) is 24.9. The van der Waals surface area contributed by atoms with Gasteiger partial charge >= 0.3 is 0 Å². The molecular formula is C33H49N2+. The lowest BCUT2D eigenvalue weighted by Crippen LogP contribution is -2.50. The monoisotopic (exact) mass is 473 g/mol. The number of hydrogen-bond donors (Lipinski definition) is 0. The molecule has 0 aliphatic carbocycles. The van der Waals surface area contributed by atoms with Crippen molar-refractivity contribution in [2.75, 3.05) is 0 Å². The van der Waals surface area contributed by atoms with Crippen LogP contribution in [-0.4, -0.2) is 4.57 Å². The quantitative estimate of drug-likeness (QED) is 0.145. The van der Waals surface area contributed by atoms with Crippen LogP contribution in [0.15, 0.2) is 79.4 Å². The van der Waals surface area contributed by atoms with Gasteiger partial charge < -0.3 is 0 Å². The lowest BCUT2D eigenvalue weighted by Gasteiger charge is -2.37. The minimum atomic E-state index is 0.0105. The largest absolute Gasteiger partial charge is 0.244 e. The third-order valence-electron chi connectivity index (χ3n) is 7.80. The van der Waals surface area contributed by atoms with Gasteiger partial charge in [-0.05, 0) is 44.2 Å². The van der Waals surface area contributed by atoms with Crippen molar-refractivity contribution in [3.63, 3.8) is 0 Å². The summed E-state index contributed by atoms with van der Waals surface area (Å²) in [5.41, 5.74) is 2.87. The minimum Gasteiger partial charge on any atom is -0.235 e. The van der Waals surface area contributed by atoms with E-state index in [0.29, 0.717) is 12.1 Å². The first-order valence-electron chi connectivity index (χ1n) is 14.2. The van der Waals surface area contributed by atoms with E-state index < -0.39 is 0 Å². The Bertz CT molecular complexity index is 943. The molecule has 0 spiro atoms. The van der Waals surface area contributed by atoms with E-state index in [4.69, 9.17) is 0 Å². The van der Waals surface area contributed by atoms with Gasteiger partial charge in [0.25, 0.3) is 0 Å². The number of unbranched alkanes of at least 4 members (excludes halogenated alkanes) is 8. The maximum Gasteiger partial charge on any atom is 0.244 e. The second-order valence-electron chi connectivity index (χ2n) is 11.0. The summed E-state index contributed by atoms with van der Waals surface area (Å²) in [7, 11) is 0. The molecule has 0 bridgehead atoms. The minimum absolute atomic E-state index is 0.0105. The van der Waals surface area contributed by atoms with Crippen molar-refractivity contribution in [2.24, 2.45) is 0 Å². The van der Waals surface area contributed by atoms with Crippen LogP contribution in [0.3, 0.4) is 0 Å². The van der Waals surface area contributed by atoms with Crippen LogP contribution < -0.4 is 4.57 Å². The molecule has 2 unspecified atom stereocenters. The van der Waals surface area contributed by atoms with E-state index in [9.17, 15) is 0 Å². The molecule has 3 aromatic rings. The summed E-state index contributed by atoms with van der Waals surface area (Å²) < 4.78 is 4.86. The normalized spacial score (nSPS) is 14.2. The van der Waals surface area contributed by atoms with Crippen molar-refractivity contribution < 1.29 is 4.57 Å². The summed E-state index contributed by atoms with van der Waals surface area (Å²) in [6.07, 6.45) is 21.5. The fourth-order valence-electron chi connectivity index (χ4n) is 5.57. The maximum atomic E-state index is 2.51. The molecule has 35 heavy (non-hydrogen) atoms. The summed E-state index contributed by atoms with van der Waals surface area (Å²) in [5, 5.41) is 0. The van der Waals surface area contributed by atoms with Gasteiger partial charge in [-0.3, -0.25) is 0 Å². The first-order chi connectivity index (χ1) is 17.0. The maximum absolute atomic E-state index is 2.51. The number of benzene rings is 2. The molecule has 3 rings (SSSR count). The molecular weight excluding hydrogens is 424 g/mol. The number of rotatable bonds is 16. The van der Waals surface area contributed by atoms with Crippen molar-refractivity contribution in [3.05, 3.63) is 90.5 Å². The number of aromatic nitrogens is 2. The number of nitrogens with zero attached hydrogens (tertiary/aromatic N) is 2. The van der Waals surface area contributed by atoms with E-state index in [0.717, 1.165) is 6.42 Å². The highest BCUT2D eigenvalue weighted by Gasteiger charge is 2.40. The van der Waals surface area contributed by atoms with Crippen LogP contribution in [-0.2, 0) is 11.8 Å². The highest BCUT2D eigenvalue weighted by molar-refractivity contribution is 5.29. The SMILES string of the molecule is CCCCCCCCCCCC([n+]1ccn(C(C)C)c1)C(C)(Cc1ccccc1)c1ccccc1. The van der Waals surface area contributed by atoms with Crippen LogP contribution in [0.25, 0.3) is 0 Å².